The van der Waals surface area contributed by atoms with Crippen molar-refractivity contribution in [2.75, 3.05) is 24.4 Å². The van der Waals surface area contributed by atoms with Crippen molar-refractivity contribution in [1.82, 2.24) is 10.2 Å². The fourth-order valence-electron chi connectivity index (χ4n) is 4.44. The van der Waals surface area contributed by atoms with Crippen LogP contribution >= 0.6 is 0 Å². The molecule has 10 heteroatoms. The molecule has 0 radical (unpaired) electrons. The van der Waals surface area contributed by atoms with Gasteiger partial charge in [0.15, 0.2) is 0 Å². The molecule has 0 saturated heterocycles. The molecule has 2 N–H and O–H groups in total. The van der Waals surface area contributed by atoms with Crippen LogP contribution in [0.2, 0.25) is 0 Å². The van der Waals surface area contributed by atoms with Crippen LogP contribution in [0.25, 0.3) is 0 Å². The Balaban J connectivity index is 1.28. The molecule has 3 aromatic rings. The molecule has 1 amide bonds. The Hall–Kier alpha value is -3.92. The van der Waals surface area contributed by atoms with Gasteiger partial charge in [0, 0.05) is 31.0 Å². The van der Waals surface area contributed by atoms with Crippen molar-refractivity contribution in [3.8, 4) is 5.75 Å². The van der Waals surface area contributed by atoms with Crippen LogP contribution in [0.5, 0.6) is 5.75 Å². The second-order valence-electron chi connectivity index (χ2n) is 9.34. The number of anilines is 3. The van der Waals surface area contributed by atoms with E-state index in [2.05, 4.69) is 20.8 Å². The maximum Gasteiger partial charge on any atom is 0.320 e. The standard InChI is InChI=1S/C28H34N4O6/c1-4-25(33)37-23-14-10-20(11-15-23)19-8-12-21(13-9-19)29-26(34)27-31-32-28(38-27)30-22-6-5-7-24(16-22)36-18(2)17-35-3/h5-9,12-13,16,18,20,23H,4,10-11,14-15,17H2,1-3H3,(H,29,34)(H,30,32)/t18-,20?,23?/m1/s1. The fourth-order valence-corrected chi connectivity index (χ4v) is 4.44. The number of nitrogens with one attached hydrogen (secondary N) is 2. The zero-order chi connectivity index (χ0) is 26.9. The first-order valence-electron chi connectivity index (χ1n) is 12.9. The molecule has 1 atom stereocenters. The predicted octanol–water partition coefficient (Wildman–Crippen LogP) is 5.46. The number of methoxy groups -OCH3 is 1. The average Bonchev–Trinajstić information content (AvgIpc) is 3.38. The molecule has 1 saturated carbocycles. The van der Waals surface area contributed by atoms with E-state index in [4.69, 9.17) is 18.6 Å². The number of nitrogens with zero attached hydrogens (tertiary/aromatic N) is 2. The van der Waals surface area contributed by atoms with Crippen LogP contribution in [0.4, 0.5) is 17.4 Å². The van der Waals surface area contributed by atoms with Gasteiger partial charge in [-0.05, 0) is 68.4 Å². The fraction of sp³-hybridized carbons (Fsp3) is 0.429. The van der Waals surface area contributed by atoms with Gasteiger partial charge in [-0.3, -0.25) is 9.59 Å². The number of amides is 1. The second-order valence-corrected chi connectivity index (χ2v) is 9.34. The minimum absolute atomic E-state index is 0.0212. The molecule has 1 aromatic heterocycles. The van der Waals surface area contributed by atoms with Crippen LogP contribution in [-0.4, -0.2) is 48.0 Å². The van der Waals surface area contributed by atoms with E-state index >= 15 is 0 Å². The highest BCUT2D eigenvalue weighted by atomic mass is 16.5. The molecule has 4 rings (SSSR count). The van der Waals surface area contributed by atoms with Crippen LogP contribution in [0.1, 0.15) is 68.1 Å². The highest BCUT2D eigenvalue weighted by molar-refractivity contribution is 6.00. The lowest BCUT2D eigenvalue weighted by Crippen LogP contribution is -2.23. The maximum absolute atomic E-state index is 12.6. The lowest BCUT2D eigenvalue weighted by atomic mass is 9.82. The van der Waals surface area contributed by atoms with Crippen LogP contribution in [0, 0.1) is 0 Å². The molecular formula is C28H34N4O6. The summed E-state index contributed by atoms with van der Waals surface area (Å²) in [7, 11) is 1.62. The monoisotopic (exact) mass is 522 g/mol. The molecule has 1 aliphatic carbocycles. The van der Waals surface area contributed by atoms with E-state index in [9.17, 15) is 9.59 Å². The molecule has 0 bridgehead atoms. The number of carbonyl (C=O) groups excluding carboxylic acids is 2. The van der Waals surface area contributed by atoms with Crippen molar-refractivity contribution in [3.05, 3.63) is 60.0 Å². The minimum atomic E-state index is -0.498. The molecule has 1 fully saturated rings. The van der Waals surface area contributed by atoms with Gasteiger partial charge < -0.3 is 29.3 Å². The maximum atomic E-state index is 12.6. The number of ether oxygens (including phenoxy) is 3. The van der Waals surface area contributed by atoms with Crippen LogP contribution in [0.15, 0.2) is 52.9 Å². The molecule has 1 aliphatic rings. The summed E-state index contributed by atoms with van der Waals surface area (Å²) >= 11 is 0. The van der Waals surface area contributed by atoms with E-state index in [-0.39, 0.29) is 30.1 Å². The summed E-state index contributed by atoms with van der Waals surface area (Å²) in [4.78, 5) is 24.2. The number of benzene rings is 2. The minimum Gasteiger partial charge on any atom is -0.488 e. The highest BCUT2D eigenvalue weighted by Gasteiger charge is 2.24. The molecule has 0 spiro atoms. The quantitative estimate of drug-likeness (QED) is 0.316. The average molecular weight is 523 g/mol. The van der Waals surface area contributed by atoms with Crippen molar-refractivity contribution in [3.63, 3.8) is 0 Å². The summed E-state index contributed by atoms with van der Waals surface area (Å²) < 4.78 is 21.9. The van der Waals surface area contributed by atoms with Crippen LogP contribution < -0.4 is 15.4 Å². The summed E-state index contributed by atoms with van der Waals surface area (Å²) in [5.74, 6) is 0.283. The Morgan fingerprint density at radius 3 is 2.53 bits per heavy atom. The number of aromatic nitrogens is 2. The first kappa shape index (κ1) is 27.1. The second kappa shape index (κ2) is 13.0. The van der Waals surface area contributed by atoms with Gasteiger partial charge in [0.2, 0.25) is 0 Å². The first-order valence-corrected chi connectivity index (χ1v) is 12.9. The normalized spacial score (nSPS) is 17.9. The van der Waals surface area contributed by atoms with Gasteiger partial charge in [0.05, 0.1) is 6.61 Å². The van der Waals surface area contributed by atoms with Crippen LogP contribution in [-0.2, 0) is 14.3 Å². The molecule has 2 aromatic carbocycles. The van der Waals surface area contributed by atoms with Gasteiger partial charge in [0.25, 0.3) is 0 Å². The number of hydrogen-bond donors (Lipinski definition) is 2. The van der Waals surface area contributed by atoms with Crippen molar-refractivity contribution in [2.24, 2.45) is 0 Å². The smallest absolute Gasteiger partial charge is 0.320 e. The Bertz CT molecular complexity index is 1200. The summed E-state index contributed by atoms with van der Waals surface area (Å²) in [6.45, 7) is 4.20. The van der Waals surface area contributed by atoms with Crippen LogP contribution in [0.3, 0.4) is 0 Å². The Morgan fingerprint density at radius 2 is 1.82 bits per heavy atom. The van der Waals surface area contributed by atoms with E-state index < -0.39 is 5.91 Å². The number of rotatable bonds is 11. The lowest BCUT2D eigenvalue weighted by Gasteiger charge is -2.28. The summed E-state index contributed by atoms with van der Waals surface area (Å²) in [6, 6.07) is 15.1. The number of carbonyl (C=O) groups is 2. The Morgan fingerprint density at radius 1 is 1.05 bits per heavy atom. The van der Waals surface area contributed by atoms with E-state index in [0.29, 0.717) is 36.1 Å². The van der Waals surface area contributed by atoms with Crippen molar-refractivity contribution >= 4 is 29.3 Å². The van der Waals surface area contributed by atoms with E-state index in [1.54, 1.807) is 13.2 Å². The number of esters is 1. The number of hydrogen-bond acceptors (Lipinski definition) is 9. The molecule has 0 unspecified atom stereocenters. The van der Waals surface area contributed by atoms with Gasteiger partial charge in [-0.2, -0.15) is 0 Å². The molecular weight excluding hydrogens is 488 g/mol. The SMILES string of the molecule is CCC(=O)OC1CCC(c2ccc(NC(=O)c3nnc(Nc4cccc(O[C@H](C)COC)c4)o3)cc2)CC1. The molecule has 1 heterocycles. The lowest BCUT2D eigenvalue weighted by molar-refractivity contribution is -0.150. The van der Waals surface area contributed by atoms with Crippen molar-refractivity contribution in [2.45, 2.75) is 64.1 Å². The van der Waals surface area contributed by atoms with Gasteiger partial charge in [-0.25, -0.2) is 0 Å². The molecule has 202 valence electrons. The summed E-state index contributed by atoms with van der Waals surface area (Å²) in [6.07, 6.45) is 3.99. The van der Waals surface area contributed by atoms with E-state index in [0.717, 1.165) is 25.7 Å². The zero-order valence-electron chi connectivity index (χ0n) is 21.9. The molecule has 0 aliphatic heterocycles. The third-order valence-electron chi connectivity index (χ3n) is 6.34. The summed E-state index contributed by atoms with van der Waals surface area (Å²) in [5, 5.41) is 13.6. The first-order chi connectivity index (χ1) is 18.4. The zero-order valence-corrected chi connectivity index (χ0v) is 21.9. The predicted molar refractivity (Wildman–Crippen MR) is 142 cm³/mol. The van der Waals surface area contributed by atoms with E-state index in [1.807, 2.05) is 56.3 Å². The van der Waals surface area contributed by atoms with Gasteiger partial charge >= 0.3 is 23.8 Å². The van der Waals surface area contributed by atoms with E-state index in [1.165, 1.54) is 5.56 Å². The largest absolute Gasteiger partial charge is 0.488 e. The van der Waals surface area contributed by atoms with Crippen molar-refractivity contribution < 1.29 is 28.2 Å². The molecule has 10 nitrogen and oxygen atoms in total. The topological polar surface area (TPSA) is 125 Å². The van der Waals surface area contributed by atoms with Gasteiger partial charge in [-0.1, -0.05) is 30.2 Å². The third kappa shape index (κ3) is 7.55. The Labute approximate surface area is 222 Å². The Kier molecular flexibility index (Phi) is 9.31. The molecule has 38 heavy (non-hydrogen) atoms. The highest BCUT2D eigenvalue weighted by Crippen LogP contribution is 2.34. The van der Waals surface area contributed by atoms with Crippen molar-refractivity contribution in [1.29, 1.82) is 0 Å². The van der Waals surface area contributed by atoms with Gasteiger partial charge in [0.1, 0.15) is 18.0 Å². The summed E-state index contributed by atoms with van der Waals surface area (Å²) in [5.41, 5.74) is 2.51. The van der Waals surface area contributed by atoms with Gasteiger partial charge in [-0.15, -0.1) is 5.10 Å². The third-order valence-corrected chi connectivity index (χ3v) is 6.34.